The van der Waals surface area contributed by atoms with E-state index in [-0.39, 0.29) is 5.78 Å². The summed E-state index contributed by atoms with van der Waals surface area (Å²) in [6, 6.07) is 1.91. The minimum atomic E-state index is 0.168. The van der Waals surface area contributed by atoms with Crippen molar-refractivity contribution >= 4 is 33.0 Å². The largest absolute Gasteiger partial charge is 0.380 e. The molecule has 2 rings (SSSR count). The maximum Gasteiger partial charge on any atom is 0.187 e. The normalized spacial score (nSPS) is 15.3. The number of hydrogen-bond donors (Lipinski definition) is 0. The van der Waals surface area contributed by atoms with Crippen LogP contribution in [0.25, 0.3) is 0 Å². The van der Waals surface area contributed by atoms with Crippen molar-refractivity contribution in [2.45, 2.75) is 12.8 Å². The third-order valence-electron chi connectivity index (χ3n) is 2.95. The molecule has 1 heterocycles. The van der Waals surface area contributed by atoms with Crippen LogP contribution in [0.2, 0.25) is 0 Å². The first kappa shape index (κ1) is 14.2. The molecule has 18 heavy (non-hydrogen) atoms. The molecule has 0 radical (unpaired) electrons. The fourth-order valence-corrected chi connectivity index (χ4v) is 3.17. The third kappa shape index (κ3) is 4.46. The lowest BCUT2D eigenvalue weighted by Crippen LogP contribution is -2.29. The lowest BCUT2D eigenvalue weighted by molar-refractivity contribution is 0.0863. The summed E-state index contributed by atoms with van der Waals surface area (Å²) in [5.74, 6) is 0.973. The van der Waals surface area contributed by atoms with E-state index in [4.69, 9.17) is 4.74 Å². The zero-order chi connectivity index (χ0) is 13.0. The first-order chi connectivity index (χ1) is 8.66. The standard InChI is InChI=1S/C13H18BrNO2S/c1-15(5-6-17-9-10-2-3-10)8-12(16)13-11(14)4-7-18-13/h4,7,10H,2-3,5-6,8-9H2,1H3. The van der Waals surface area contributed by atoms with E-state index in [0.29, 0.717) is 13.2 Å². The Kier molecular flexibility index (Phi) is 5.36. The second-order valence-corrected chi connectivity index (χ2v) is 6.55. The molecule has 0 spiro atoms. The van der Waals surface area contributed by atoms with Gasteiger partial charge >= 0.3 is 0 Å². The number of carbonyl (C=O) groups excluding carboxylic acids is 1. The number of nitrogens with zero attached hydrogens (tertiary/aromatic N) is 1. The Morgan fingerprint density at radius 1 is 1.61 bits per heavy atom. The summed E-state index contributed by atoms with van der Waals surface area (Å²) in [5, 5.41) is 1.93. The van der Waals surface area contributed by atoms with Gasteiger partial charge in [-0.2, -0.15) is 0 Å². The molecule has 0 saturated heterocycles. The highest BCUT2D eigenvalue weighted by Crippen LogP contribution is 2.28. The second-order valence-electron chi connectivity index (χ2n) is 4.78. The third-order valence-corrected chi connectivity index (χ3v) is 4.83. The van der Waals surface area contributed by atoms with Crippen LogP contribution in [0.3, 0.4) is 0 Å². The van der Waals surface area contributed by atoms with E-state index in [1.807, 2.05) is 23.4 Å². The summed E-state index contributed by atoms with van der Waals surface area (Å²) in [5.41, 5.74) is 0. The number of likely N-dealkylation sites (N-methyl/N-ethyl adjacent to an activating group) is 1. The van der Waals surface area contributed by atoms with Gasteiger partial charge in [0.15, 0.2) is 5.78 Å². The van der Waals surface area contributed by atoms with Gasteiger partial charge in [0, 0.05) is 17.6 Å². The Hall–Kier alpha value is -0.230. The smallest absolute Gasteiger partial charge is 0.187 e. The highest BCUT2D eigenvalue weighted by Gasteiger charge is 2.21. The van der Waals surface area contributed by atoms with Gasteiger partial charge in [0.05, 0.1) is 18.0 Å². The van der Waals surface area contributed by atoms with Crippen LogP contribution in [0.5, 0.6) is 0 Å². The molecule has 0 aliphatic heterocycles. The molecule has 1 aliphatic rings. The van der Waals surface area contributed by atoms with Crippen LogP contribution in [-0.2, 0) is 4.74 Å². The van der Waals surface area contributed by atoms with Gasteiger partial charge in [0.1, 0.15) is 0 Å². The van der Waals surface area contributed by atoms with Gasteiger partial charge in [-0.3, -0.25) is 9.69 Å². The van der Waals surface area contributed by atoms with Crippen molar-refractivity contribution in [3.05, 3.63) is 20.8 Å². The highest BCUT2D eigenvalue weighted by atomic mass is 79.9. The molecule has 0 unspecified atom stereocenters. The number of ketones is 1. The zero-order valence-electron chi connectivity index (χ0n) is 10.5. The molecule has 0 bridgehead atoms. The van der Waals surface area contributed by atoms with Gasteiger partial charge in [-0.05, 0) is 53.2 Å². The van der Waals surface area contributed by atoms with Crippen LogP contribution >= 0.6 is 27.3 Å². The Labute approximate surface area is 120 Å². The predicted molar refractivity (Wildman–Crippen MR) is 77.4 cm³/mol. The molecule has 0 aromatic carbocycles. The molecule has 0 amide bonds. The van der Waals surface area contributed by atoms with Crippen molar-refractivity contribution in [3.8, 4) is 0 Å². The van der Waals surface area contributed by atoms with Crippen LogP contribution in [0.1, 0.15) is 22.5 Å². The van der Waals surface area contributed by atoms with Crippen LogP contribution in [0.15, 0.2) is 15.9 Å². The molecule has 1 aromatic heterocycles. The first-order valence-corrected chi connectivity index (χ1v) is 7.86. The van der Waals surface area contributed by atoms with E-state index in [0.717, 1.165) is 28.4 Å². The predicted octanol–water partition coefficient (Wildman–Crippen LogP) is 3.05. The SMILES string of the molecule is CN(CCOCC1CC1)CC(=O)c1sccc1Br. The number of carbonyl (C=O) groups is 1. The van der Waals surface area contributed by atoms with Gasteiger partial charge < -0.3 is 4.74 Å². The van der Waals surface area contributed by atoms with Crippen LogP contribution in [-0.4, -0.2) is 44.0 Å². The van der Waals surface area contributed by atoms with Crippen molar-refractivity contribution in [3.63, 3.8) is 0 Å². The van der Waals surface area contributed by atoms with Gasteiger partial charge in [-0.25, -0.2) is 0 Å². The lowest BCUT2D eigenvalue weighted by atomic mass is 10.3. The van der Waals surface area contributed by atoms with E-state index in [1.54, 1.807) is 0 Å². The van der Waals surface area contributed by atoms with Gasteiger partial charge in [0.25, 0.3) is 0 Å². The summed E-state index contributed by atoms with van der Waals surface area (Å²) >= 11 is 4.88. The van der Waals surface area contributed by atoms with Gasteiger partial charge in [0.2, 0.25) is 0 Å². The lowest BCUT2D eigenvalue weighted by Gasteiger charge is -2.15. The quantitative estimate of drug-likeness (QED) is 0.541. The van der Waals surface area contributed by atoms with Crippen molar-refractivity contribution in [2.75, 3.05) is 33.4 Å². The zero-order valence-corrected chi connectivity index (χ0v) is 12.9. The van der Waals surface area contributed by atoms with Gasteiger partial charge in [-0.1, -0.05) is 0 Å². The fourth-order valence-electron chi connectivity index (χ4n) is 1.64. The fraction of sp³-hybridized carbons (Fsp3) is 0.615. The van der Waals surface area contributed by atoms with E-state index >= 15 is 0 Å². The van der Waals surface area contributed by atoms with Crippen molar-refractivity contribution in [2.24, 2.45) is 5.92 Å². The average molecular weight is 332 g/mol. The Balaban J connectivity index is 1.65. The molecule has 0 atom stereocenters. The molecule has 3 nitrogen and oxygen atoms in total. The molecule has 1 aliphatic carbocycles. The summed E-state index contributed by atoms with van der Waals surface area (Å²) in [4.78, 5) is 14.8. The number of hydrogen-bond acceptors (Lipinski definition) is 4. The second kappa shape index (κ2) is 6.80. The topological polar surface area (TPSA) is 29.5 Å². The number of Topliss-reactive ketones (excluding diaryl/α,β-unsaturated/α-hetero) is 1. The Morgan fingerprint density at radius 3 is 3.00 bits per heavy atom. The van der Waals surface area contributed by atoms with Crippen molar-refractivity contribution in [1.82, 2.24) is 4.90 Å². The maximum absolute atomic E-state index is 12.0. The molecule has 100 valence electrons. The highest BCUT2D eigenvalue weighted by molar-refractivity contribution is 9.10. The molecule has 0 N–H and O–H groups in total. The van der Waals surface area contributed by atoms with Crippen LogP contribution in [0, 0.1) is 5.92 Å². The average Bonchev–Trinajstić information content (AvgIpc) is 3.05. The Morgan fingerprint density at radius 2 is 2.39 bits per heavy atom. The minimum absolute atomic E-state index is 0.168. The van der Waals surface area contributed by atoms with Crippen molar-refractivity contribution < 1.29 is 9.53 Å². The molecule has 5 heteroatoms. The molecule has 1 saturated carbocycles. The van der Waals surface area contributed by atoms with Crippen LogP contribution in [0.4, 0.5) is 0 Å². The molecule has 1 fully saturated rings. The Bertz CT molecular complexity index is 403. The summed E-state index contributed by atoms with van der Waals surface area (Å²) in [6.45, 7) is 2.86. The number of ether oxygens (including phenoxy) is 1. The molecule has 1 aromatic rings. The van der Waals surface area contributed by atoms with E-state index < -0.39 is 0 Å². The molecular formula is C13H18BrNO2S. The molecular weight excluding hydrogens is 314 g/mol. The number of rotatable bonds is 8. The maximum atomic E-state index is 12.0. The number of halogens is 1. The van der Waals surface area contributed by atoms with E-state index in [1.165, 1.54) is 24.2 Å². The monoisotopic (exact) mass is 331 g/mol. The summed E-state index contributed by atoms with van der Waals surface area (Å²) in [7, 11) is 1.96. The van der Waals surface area contributed by atoms with Gasteiger partial charge in [-0.15, -0.1) is 11.3 Å². The van der Waals surface area contributed by atoms with E-state index in [2.05, 4.69) is 15.9 Å². The minimum Gasteiger partial charge on any atom is -0.380 e. The summed E-state index contributed by atoms with van der Waals surface area (Å²) in [6.07, 6.45) is 2.64. The van der Waals surface area contributed by atoms with E-state index in [9.17, 15) is 4.79 Å². The van der Waals surface area contributed by atoms with Crippen molar-refractivity contribution in [1.29, 1.82) is 0 Å². The summed E-state index contributed by atoms with van der Waals surface area (Å²) < 4.78 is 6.46. The number of thiophene rings is 1. The first-order valence-electron chi connectivity index (χ1n) is 6.19. The van der Waals surface area contributed by atoms with Crippen LogP contribution < -0.4 is 0 Å².